The molecule has 0 amide bonds. The van der Waals surface area contributed by atoms with Crippen LogP contribution in [0.1, 0.15) is 43.5 Å². The summed E-state index contributed by atoms with van der Waals surface area (Å²) in [5.74, 6) is 3.69. The maximum atomic E-state index is 5.38. The van der Waals surface area contributed by atoms with Gasteiger partial charge in [-0.15, -0.1) is 23.7 Å². The second-order valence-electron chi connectivity index (χ2n) is 3.96. The Balaban J connectivity index is 2.64. The van der Waals surface area contributed by atoms with Crippen molar-refractivity contribution in [2.24, 2.45) is 0 Å². The first-order valence-corrected chi connectivity index (χ1v) is 6.99. The number of nitrogens with one attached hydrogen (secondary N) is 1. The molecule has 0 aliphatic rings. The summed E-state index contributed by atoms with van der Waals surface area (Å²) in [7, 11) is 1.73. The van der Waals surface area contributed by atoms with Crippen molar-refractivity contribution in [1.29, 1.82) is 0 Å². The third kappa shape index (κ3) is 4.41. The lowest BCUT2D eigenvalue weighted by molar-refractivity contribution is 0.398. The fraction of sp³-hybridized carbons (Fsp3) is 0.571. The minimum Gasteiger partial charge on any atom is -0.496 e. The van der Waals surface area contributed by atoms with Crippen LogP contribution in [0.2, 0.25) is 0 Å². The Labute approximate surface area is 108 Å². The first-order valence-electron chi connectivity index (χ1n) is 6.11. The van der Waals surface area contributed by atoms with Crippen LogP contribution in [-0.4, -0.2) is 13.7 Å². The van der Waals surface area contributed by atoms with E-state index in [-0.39, 0.29) is 0 Å². The summed E-state index contributed by atoms with van der Waals surface area (Å²) in [6.07, 6.45) is 9.41. The van der Waals surface area contributed by atoms with Crippen molar-refractivity contribution in [1.82, 2.24) is 5.32 Å². The summed E-state index contributed by atoms with van der Waals surface area (Å²) in [6, 6.07) is 2.40. The van der Waals surface area contributed by atoms with E-state index in [1.807, 2.05) is 6.07 Å². The molecule has 94 valence electrons. The van der Waals surface area contributed by atoms with Crippen molar-refractivity contribution < 1.29 is 4.74 Å². The first kappa shape index (κ1) is 14.1. The van der Waals surface area contributed by atoms with Gasteiger partial charge in [-0.2, -0.15) is 0 Å². The number of ether oxygens (including phenoxy) is 1. The number of unbranched alkanes of at least 4 members (excludes halogenated alkanes) is 1. The summed E-state index contributed by atoms with van der Waals surface area (Å²) in [6.45, 7) is 3.21. The lowest BCUT2D eigenvalue weighted by Gasteiger charge is -2.18. The van der Waals surface area contributed by atoms with Gasteiger partial charge in [0, 0.05) is 12.5 Å². The molecule has 0 aliphatic heterocycles. The molecule has 1 heterocycles. The summed E-state index contributed by atoms with van der Waals surface area (Å²) in [5, 5.41) is 5.65. The van der Waals surface area contributed by atoms with Gasteiger partial charge < -0.3 is 10.1 Å². The van der Waals surface area contributed by atoms with Crippen molar-refractivity contribution in [3.05, 3.63) is 16.3 Å². The maximum absolute atomic E-state index is 5.38. The molecule has 2 nitrogen and oxygen atoms in total. The predicted molar refractivity (Wildman–Crippen MR) is 74.6 cm³/mol. The molecule has 0 bridgehead atoms. The monoisotopic (exact) mass is 251 g/mol. The van der Waals surface area contributed by atoms with Crippen LogP contribution >= 0.6 is 11.3 Å². The summed E-state index contributed by atoms with van der Waals surface area (Å²) in [4.78, 5) is 1.29. The van der Waals surface area contributed by atoms with Crippen LogP contribution in [0.4, 0.5) is 0 Å². The fourth-order valence-electron chi connectivity index (χ4n) is 1.78. The summed E-state index contributed by atoms with van der Waals surface area (Å²) >= 11 is 1.75. The SMILES string of the molecule is C#CCCCC(NCCC)c1sccc1OC. The first-order chi connectivity index (χ1) is 8.33. The molecule has 1 unspecified atom stereocenters. The van der Waals surface area contributed by atoms with Gasteiger partial charge in [0.2, 0.25) is 0 Å². The lowest BCUT2D eigenvalue weighted by atomic mass is 10.1. The normalized spacial score (nSPS) is 12.1. The van der Waals surface area contributed by atoms with E-state index in [9.17, 15) is 0 Å². The van der Waals surface area contributed by atoms with Gasteiger partial charge in [-0.3, -0.25) is 0 Å². The topological polar surface area (TPSA) is 21.3 Å². The number of rotatable bonds is 8. The van der Waals surface area contributed by atoms with Gasteiger partial charge >= 0.3 is 0 Å². The second kappa shape index (κ2) is 8.16. The molecule has 0 saturated carbocycles. The smallest absolute Gasteiger partial charge is 0.134 e. The minimum atomic E-state index is 0.373. The van der Waals surface area contributed by atoms with Gasteiger partial charge in [-0.25, -0.2) is 0 Å². The molecule has 3 heteroatoms. The molecule has 1 atom stereocenters. The standard InChI is InChI=1S/C14H21NOS/c1-4-6-7-8-12(15-10-5-2)14-13(16-3)9-11-17-14/h1,9,11-12,15H,5-8,10H2,2-3H3. The van der Waals surface area contributed by atoms with Crippen LogP contribution in [0.15, 0.2) is 11.4 Å². The molecule has 0 fully saturated rings. The minimum absolute atomic E-state index is 0.373. The fourth-order valence-corrected chi connectivity index (χ4v) is 2.76. The molecule has 0 radical (unpaired) electrons. The zero-order valence-electron chi connectivity index (χ0n) is 10.7. The van der Waals surface area contributed by atoms with E-state index in [1.54, 1.807) is 18.4 Å². The Kier molecular flexibility index (Phi) is 6.76. The predicted octanol–water partition coefficient (Wildman–Crippen LogP) is 3.60. The highest BCUT2D eigenvalue weighted by Crippen LogP contribution is 2.33. The van der Waals surface area contributed by atoms with E-state index in [2.05, 4.69) is 23.5 Å². The van der Waals surface area contributed by atoms with Crippen LogP contribution in [0.3, 0.4) is 0 Å². The number of hydrogen-bond acceptors (Lipinski definition) is 3. The largest absolute Gasteiger partial charge is 0.496 e. The van der Waals surface area contributed by atoms with Crippen molar-refractivity contribution in [3.8, 4) is 18.1 Å². The van der Waals surface area contributed by atoms with E-state index >= 15 is 0 Å². The highest BCUT2D eigenvalue weighted by atomic mass is 32.1. The highest BCUT2D eigenvalue weighted by Gasteiger charge is 2.16. The Morgan fingerprint density at radius 2 is 2.41 bits per heavy atom. The molecule has 1 aromatic rings. The van der Waals surface area contributed by atoms with E-state index in [4.69, 9.17) is 11.2 Å². The molecule has 1 N–H and O–H groups in total. The Bertz CT molecular complexity index is 353. The van der Waals surface area contributed by atoms with Crippen LogP contribution in [0.5, 0.6) is 5.75 Å². The van der Waals surface area contributed by atoms with Crippen LogP contribution < -0.4 is 10.1 Å². The average Bonchev–Trinajstić information content (AvgIpc) is 2.81. The van der Waals surface area contributed by atoms with Crippen LogP contribution in [-0.2, 0) is 0 Å². The number of hydrogen-bond donors (Lipinski definition) is 1. The zero-order valence-corrected chi connectivity index (χ0v) is 11.5. The third-order valence-corrected chi connectivity index (χ3v) is 3.66. The second-order valence-corrected chi connectivity index (χ2v) is 4.90. The number of thiophene rings is 1. The van der Waals surface area contributed by atoms with Gasteiger partial charge in [0.25, 0.3) is 0 Å². The zero-order chi connectivity index (χ0) is 12.5. The summed E-state index contributed by atoms with van der Waals surface area (Å²) < 4.78 is 5.38. The molecule has 17 heavy (non-hydrogen) atoms. The van der Waals surface area contributed by atoms with Gasteiger partial charge in [0.1, 0.15) is 5.75 Å². The molecule has 1 aromatic heterocycles. The van der Waals surface area contributed by atoms with E-state index in [0.717, 1.165) is 38.0 Å². The Hall–Kier alpha value is -0.980. The van der Waals surface area contributed by atoms with Gasteiger partial charge in [0.15, 0.2) is 0 Å². The maximum Gasteiger partial charge on any atom is 0.134 e. The molecule has 0 aromatic carbocycles. The Morgan fingerprint density at radius 3 is 3.06 bits per heavy atom. The van der Waals surface area contributed by atoms with Gasteiger partial charge in [0.05, 0.1) is 12.0 Å². The molecule has 0 spiro atoms. The molecule has 0 aliphatic carbocycles. The van der Waals surface area contributed by atoms with E-state index in [0.29, 0.717) is 6.04 Å². The highest BCUT2D eigenvalue weighted by molar-refractivity contribution is 7.10. The van der Waals surface area contributed by atoms with E-state index < -0.39 is 0 Å². The summed E-state index contributed by atoms with van der Waals surface area (Å²) in [5.41, 5.74) is 0. The van der Waals surface area contributed by atoms with Crippen molar-refractivity contribution in [2.45, 2.75) is 38.6 Å². The molecular weight excluding hydrogens is 230 g/mol. The van der Waals surface area contributed by atoms with Crippen molar-refractivity contribution >= 4 is 11.3 Å². The van der Waals surface area contributed by atoms with Gasteiger partial charge in [-0.05, 0) is 37.3 Å². The Morgan fingerprint density at radius 1 is 1.59 bits per heavy atom. The van der Waals surface area contributed by atoms with Gasteiger partial charge in [-0.1, -0.05) is 6.92 Å². The van der Waals surface area contributed by atoms with Crippen LogP contribution in [0, 0.1) is 12.3 Å². The van der Waals surface area contributed by atoms with E-state index in [1.165, 1.54) is 4.88 Å². The molecule has 0 saturated heterocycles. The number of methoxy groups -OCH3 is 1. The lowest BCUT2D eigenvalue weighted by Crippen LogP contribution is -2.21. The number of terminal acetylenes is 1. The van der Waals surface area contributed by atoms with Crippen molar-refractivity contribution in [2.75, 3.05) is 13.7 Å². The average molecular weight is 251 g/mol. The molecular formula is C14H21NOS. The van der Waals surface area contributed by atoms with Crippen LogP contribution in [0.25, 0.3) is 0 Å². The van der Waals surface area contributed by atoms with Crippen molar-refractivity contribution in [3.63, 3.8) is 0 Å². The quantitative estimate of drug-likeness (QED) is 0.563. The molecule has 1 rings (SSSR count). The third-order valence-electron chi connectivity index (χ3n) is 2.65.